The van der Waals surface area contributed by atoms with Crippen molar-refractivity contribution in [1.82, 2.24) is 0 Å². The fourth-order valence-electron chi connectivity index (χ4n) is 12.2. The average Bonchev–Trinajstić information content (AvgIpc) is 4.09. The van der Waals surface area contributed by atoms with Gasteiger partial charge in [0, 0.05) is 60.3 Å². The summed E-state index contributed by atoms with van der Waals surface area (Å²) in [7, 11) is 0. The minimum absolute atomic E-state index is 0.334. The van der Waals surface area contributed by atoms with Crippen LogP contribution in [-0.4, -0.2) is 0 Å². The number of nitrogens with zero attached hydrogens (tertiary/aromatic N) is 1. The molecule has 13 rings (SSSR count). The first-order valence-corrected chi connectivity index (χ1v) is 25.2. The van der Waals surface area contributed by atoms with E-state index in [-0.39, 0.29) is 10.8 Å². The van der Waals surface area contributed by atoms with Gasteiger partial charge in [-0.1, -0.05) is 185 Å². The second-order valence-electron chi connectivity index (χ2n) is 20.9. The van der Waals surface area contributed by atoms with Crippen molar-refractivity contribution >= 4 is 62.1 Å². The highest BCUT2D eigenvalue weighted by Gasteiger charge is 2.41. The molecule has 0 unspecified atom stereocenters. The predicted octanol–water partition coefficient (Wildman–Crippen LogP) is 17.8. The molecular formula is C69H55NO2. The van der Waals surface area contributed by atoms with Gasteiger partial charge < -0.3 is 13.7 Å². The Hall–Kier alpha value is -8.40. The monoisotopic (exact) mass is 929 g/mol. The maximum absolute atomic E-state index is 6.86. The van der Waals surface area contributed by atoms with Gasteiger partial charge >= 0.3 is 0 Å². The van der Waals surface area contributed by atoms with Crippen molar-refractivity contribution < 1.29 is 8.83 Å². The van der Waals surface area contributed by atoms with E-state index >= 15 is 0 Å². The lowest BCUT2D eigenvalue weighted by Crippen LogP contribution is -2.20. The van der Waals surface area contributed by atoms with Gasteiger partial charge in [0.25, 0.3) is 0 Å². The number of rotatable bonds is 7. The van der Waals surface area contributed by atoms with Crippen LogP contribution in [-0.2, 0) is 10.8 Å². The highest BCUT2D eigenvalue weighted by molar-refractivity contribution is 6.19. The predicted molar refractivity (Wildman–Crippen MR) is 303 cm³/mol. The molecule has 2 heterocycles. The third kappa shape index (κ3) is 6.36. The minimum atomic E-state index is -0.354. The van der Waals surface area contributed by atoms with Crippen molar-refractivity contribution in [2.24, 2.45) is 0 Å². The smallest absolute Gasteiger partial charge is 0.143 e. The summed E-state index contributed by atoms with van der Waals surface area (Å²) in [5, 5.41) is 4.52. The molecule has 9 aromatic carbocycles. The van der Waals surface area contributed by atoms with E-state index in [1.165, 1.54) is 66.6 Å². The van der Waals surface area contributed by atoms with Gasteiger partial charge in [0.2, 0.25) is 0 Å². The highest BCUT2D eigenvalue weighted by Crippen LogP contribution is 2.58. The van der Waals surface area contributed by atoms with E-state index < -0.39 is 0 Å². The number of para-hydroxylation sites is 2. The van der Waals surface area contributed by atoms with Crippen molar-refractivity contribution in [3.05, 3.63) is 233 Å². The van der Waals surface area contributed by atoms with Gasteiger partial charge in [-0.3, -0.25) is 0 Å². The maximum Gasteiger partial charge on any atom is 0.143 e. The largest absolute Gasteiger partial charge is 0.456 e. The van der Waals surface area contributed by atoms with Gasteiger partial charge in [0.1, 0.15) is 22.2 Å². The number of benzene rings is 9. The van der Waals surface area contributed by atoms with Crippen molar-refractivity contribution in [2.75, 3.05) is 4.90 Å². The normalized spacial score (nSPS) is 14.5. The van der Waals surface area contributed by atoms with E-state index in [0.717, 1.165) is 83.0 Å². The number of anilines is 3. The van der Waals surface area contributed by atoms with Crippen molar-refractivity contribution in [2.45, 2.75) is 59.3 Å². The quantitative estimate of drug-likeness (QED) is 0.159. The first kappa shape index (κ1) is 43.6. The number of aryl methyl sites for hydroxylation is 2. The van der Waals surface area contributed by atoms with Crippen LogP contribution in [0.15, 0.2) is 197 Å². The van der Waals surface area contributed by atoms with Crippen LogP contribution < -0.4 is 15.5 Å². The zero-order valence-electron chi connectivity index (χ0n) is 41.9. The van der Waals surface area contributed by atoms with Crippen molar-refractivity contribution in [3.8, 4) is 55.6 Å². The van der Waals surface area contributed by atoms with E-state index in [9.17, 15) is 0 Å². The van der Waals surface area contributed by atoms with Crippen LogP contribution >= 0.6 is 0 Å². The van der Waals surface area contributed by atoms with Crippen LogP contribution in [0.25, 0.3) is 101 Å². The average molecular weight is 930 g/mol. The zero-order chi connectivity index (χ0) is 49.2. The summed E-state index contributed by atoms with van der Waals surface area (Å²) in [5.41, 5.74) is 25.7. The topological polar surface area (TPSA) is 29.5 Å². The Kier molecular flexibility index (Phi) is 9.73. The number of fused-ring (bicyclic) bond motifs is 12. The molecule has 0 N–H and O–H groups in total. The third-order valence-corrected chi connectivity index (χ3v) is 15.9. The Morgan fingerprint density at radius 2 is 0.986 bits per heavy atom. The van der Waals surface area contributed by atoms with Gasteiger partial charge in [0.05, 0.1) is 5.69 Å². The fraction of sp³-hybridized carbons (Fsp3) is 0.130. The number of allylic oxidation sites excluding steroid dienone is 1. The van der Waals surface area contributed by atoms with Crippen LogP contribution in [0.5, 0.6) is 0 Å². The lowest BCUT2D eigenvalue weighted by atomic mass is 9.80. The summed E-state index contributed by atoms with van der Waals surface area (Å²) in [6, 6.07) is 65.0. The highest BCUT2D eigenvalue weighted by atomic mass is 16.3. The number of hydrogen-bond acceptors (Lipinski definition) is 3. The Balaban J connectivity index is 1.04. The molecule has 0 atom stereocenters. The van der Waals surface area contributed by atoms with Crippen molar-refractivity contribution in [1.29, 1.82) is 0 Å². The second kappa shape index (κ2) is 16.1. The van der Waals surface area contributed by atoms with Gasteiger partial charge in [-0.05, 0) is 137 Å². The molecule has 0 fully saturated rings. The van der Waals surface area contributed by atoms with E-state index in [2.05, 4.69) is 248 Å². The molecule has 0 amide bonds. The molecule has 0 saturated carbocycles. The van der Waals surface area contributed by atoms with Crippen LogP contribution in [0.3, 0.4) is 0 Å². The van der Waals surface area contributed by atoms with E-state index in [1.54, 1.807) is 0 Å². The molecule has 3 heteroatoms. The number of furan rings is 2. The molecule has 72 heavy (non-hydrogen) atoms. The van der Waals surface area contributed by atoms with Gasteiger partial charge in [0.15, 0.2) is 0 Å². The molecule has 0 spiro atoms. The third-order valence-electron chi connectivity index (χ3n) is 15.9. The van der Waals surface area contributed by atoms with E-state index in [4.69, 9.17) is 8.83 Å². The molecular weight excluding hydrogens is 875 g/mol. The first-order chi connectivity index (χ1) is 35.0. The summed E-state index contributed by atoms with van der Waals surface area (Å²) < 4.78 is 13.7. The Morgan fingerprint density at radius 1 is 0.472 bits per heavy atom. The molecule has 348 valence electrons. The Morgan fingerprint density at radius 3 is 1.57 bits per heavy atom. The van der Waals surface area contributed by atoms with Crippen LogP contribution in [0, 0.1) is 13.8 Å². The molecule has 0 aliphatic heterocycles. The fourth-order valence-corrected chi connectivity index (χ4v) is 12.2. The lowest BCUT2D eigenvalue weighted by molar-refractivity contribution is 0.575. The standard InChI is InChI=1S/C69H55NO2/c1-9-18-51-60(10-2)71-66-53(44-29-25-41(3)26-30-44)39-57-62(64(51)66)49-35-33-46(37-55(49)68(57,5)6)70(59-23-16-14-21-48(59)43-19-12-11-13-20-43)47-34-36-50-56(38-47)69(7,8)58-40-54(45-31-27-42(4)28-32-45)67-65(63(50)58)52-22-15-17-24-61(52)72-67/h9-40H,1H2,2-8H3/b51-18+,60-10+. The van der Waals surface area contributed by atoms with E-state index in [1.807, 2.05) is 6.08 Å². The van der Waals surface area contributed by atoms with Gasteiger partial charge in [-0.25, -0.2) is 0 Å². The summed E-state index contributed by atoms with van der Waals surface area (Å²) in [6.45, 7) is 20.1. The van der Waals surface area contributed by atoms with Gasteiger partial charge in [-0.2, -0.15) is 0 Å². The van der Waals surface area contributed by atoms with Crippen molar-refractivity contribution in [3.63, 3.8) is 0 Å². The summed E-state index contributed by atoms with van der Waals surface area (Å²) >= 11 is 0. The molecule has 0 radical (unpaired) electrons. The van der Waals surface area contributed by atoms with Crippen LogP contribution in [0.2, 0.25) is 0 Å². The summed E-state index contributed by atoms with van der Waals surface area (Å²) in [5.74, 6) is 0. The van der Waals surface area contributed by atoms with Crippen LogP contribution in [0.4, 0.5) is 17.1 Å². The minimum Gasteiger partial charge on any atom is -0.456 e. The van der Waals surface area contributed by atoms with E-state index in [0.29, 0.717) is 0 Å². The molecule has 2 aromatic heterocycles. The maximum atomic E-state index is 6.86. The lowest BCUT2D eigenvalue weighted by Gasteiger charge is -2.31. The Labute approximate surface area is 421 Å². The molecule has 0 bridgehead atoms. The van der Waals surface area contributed by atoms with Gasteiger partial charge in [-0.15, -0.1) is 0 Å². The summed E-state index contributed by atoms with van der Waals surface area (Å²) in [6.07, 6.45) is 6.07. The molecule has 3 nitrogen and oxygen atoms in total. The van der Waals surface area contributed by atoms with Crippen LogP contribution in [0.1, 0.15) is 68.0 Å². The number of hydrogen-bond donors (Lipinski definition) is 0. The molecule has 2 aliphatic carbocycles. The first-order valence-electron chi connectivity index (χ1n) is 25.2. The molecule has 11 aromatic rings. The molecule has 2 aliphatic rings. The zero-order valence-corrected chi connectivity index (χ0v) is 41.9. The summed E-state index contributed by atoms with van der Waals surface area (Å²) in [4.78, 5) is 2.49. The molecule has 0 saturated heterocycles. The SMILES string of the molecule is C=C/C=c1\c(=C/C)oc2c(-c3ccc(C)cc3)cc3c(c12)-c1ccc(N(c2ccc4c(c2)C(C)(C)c2cc(-c5ccc(C)cc5)c5oc6ccccc6c5c2-4)c2ccccc2-c2ccccc2)cc1C3(C)C. The Bertz CT molecular complexity index is 4180. The second-order valence-corrected chi connectivity index (χ2v) is 20.9.